The Morgan fingerprint density at radius 1 is 1.04 bits per heavy atom. The van der Waals surface area contributed by atoms with Gasteiger partial charge in [-0.05, 0) is 41.2 Å². The van der Waals surface area contributed by atoms with Gasteiger partial charge in [0.1, 0.15) is 25.2 Å². The summed E-state index contributed by atoms with van der Waals surface area (Å²) in [5.74, 6) is -5.34. The van der Waals surface area contributed by atoms with Crippen LogP contribution in [-0.4, -0.2) is 88.4 Å². The minimum absolute atomic E-state index is 0.00601. The lowest BCUT2D eigenvalue weighted by Gasteiger charge is -2.36. The van der Waals surface area contributed by atoms with Crippen LogP contribution in [0.4, 0.5) is 4.79 Å². The summed E-state index contributed by atoms with van der Waals surface area (Å²) < 4.78 is 16.5. The fraction of sp³-hybridized carbons (Fsp3) is 0.625. The number of carbonyl (C=O) groups is 6. The van der Waals surface area contributed by atoms with Crippen molar-refractivity contribution < 1.29 is 47.6 Å². The second-order valence-electron chi connectivity index (χ2n) is 13.0. The number of quaternary nitrogens is 1. The molecule has 47 heavy (non-hydrogen) atoms. The summed E-state index contributed by atoms with van der Waals surface area (Å²) in [7, 11) is -1.40. The molecule has 2 heterocycles. The van der Waals surface area contributed by atoms with E-state index in [-0.39, 0.29) is 44.9 Å². The summed E-state index contributed by atoms with van der Waals surface area (Å²) in [6.45, 7) is 7.19. The summed E-state index contributed by atoms with van der Waals surface area (Å²) >= 11 is 0. The molecule has 0 spiro atoms. The third-order valence-corrected chi connectivity index (χ3v) is 9.54. The first-order chi connectivity index (χ1) is 22.2. The van der Waals surface area contributed by atoms with E-state index in [2.05, 4.69) is 16.1 Å². The predicted molar refractivity (Wildman–Crippen MR) is 171 cm³/mol. The third kappa shape index (κ3) is 9.65. The number of hydrogen-bond acceptors (Lipinski definition) is 8. The monoisotopic (exact) mass is 677 g/mol. The molecule has 15 heteroatoms. The molecule has 0 aliphatic carbocycles. The van der Waals surface area contributed by atoms with Crippen LogP contribution in [0.2, 0.25) is 0 Å². The van der Waals surface area contributed by atoms with Gasteiger partial charge >= 0.3 is 25.9 Å². The lowest BCUT2D eigenvalue weighted by molar-refractivity contribution is -0.815. The summed E-state index contributed by atoms with van der Waals surface area (Å²) in [6.07, 6.45) is -0.363. The van der Waals surface area contributed by atoms with Gasteiger partial charge in [0.15, 0.2) is 6.16 Å². The number of rotatable bonds is 15. The quantitative estimate of drug-likeness (QED) is 0.123. The van der Waals surface area contributed by atoms with Crippen LogP contribution in [0.15, 0.2) is 30.3 Å². The van der Waals surface area contributed by atoms with E-state index < -0.39 is 84.2 Å². The van der Waals surface area contributed by atoms with Crippen molar-refractivity contribution in [2.75, 3.05) is 26.3 Å². The van der Waals surface area contributed by atoms with E-state index >= 15 is 0 Å². The van der Waals surface area contributed by atoms with E-state index in [1.54, 1.807) is 26.0 Å². The Labute approximate surface area is 276 Å². The van der Waals surface area contributed by atoms with E-state index in [1.807, 2.05) is 32.0 Å². The normalized spacial score (nSPS) is 19.7. The lowest BCUT2D eigenvalue weighted by Crippen LogP contribution is -2.68. The van der Waals surface area contributed by atoms with E-state index in [4.69, 9.17) is 4.74 Å². The van der Waals surface area contributed by atoms with E-state index in [9.17, 15) is 38.2 Å². The highest BCUT2D eigenvalue weighted by atomic mass is 31.1. The smallest absolute Gasteiger partial charge is 0.445 e. The summed E-state index contributed by atoms with van der Waals surface area (Å²) in [5, 5.41) is 5.24. The minimum atomic E-state index is -2.84. The molecule has 0 saturated carbocycles. The molecule has 2 fully saturated rings. The number of ether oxygens (including phenoxy) is 1. The zero-order chi connectivity index (χ0) is 34.9. The van der Waals surface area contributed by atoms with Crippen molar-refractivity contribution in [3.63, 3.8) is 0 Å². The maximum absolute atomic E-state index is 13.8. The second-order valence-corrected chi connectivity index (χ2v) is 14.1. The molecule has 14 nitrogen and oxygen atoms in total. The molecule has 2 aliphatic heterocycles. The Bertz CT molecular complexity index is 1320. The molecular formula is C32H48N5O9P+2. The Hall–Kier alpha value is -3.74. The molecule has 5 atom stereocenters. The number of nitrogens with zero attached hydrogens (tertiary/aromatic N) is 2. The first-order valence-electron chi connectivity index (χ1n) is 16.1. The molecule has 1 aromatic rings. The van der Waals surface area contributed by atoms with Gasteiger partial charge in [-0.25, -0.2) is 14.4 Å². The third-order valence-electron chi connectivity index (χ3n) is 8.83. The summed E-state index contributed by atoms with van der Waals surface area (Å²) in [4.78, 5) is 91.3. The molecule has 2 unspecified atom stereocenters. The lowest BCUT2D eigenvalue weighted by atomic mass is 9.82. The van der Waals surface area contributed by atoms with Gasteiger partial charge in [0, 0.05) is 19.5 Å². The van der Waals surface area contributed by atoms with Gasteiger partial charge in [0.25, 0.3) is 5.91 Å². The molecule has 2 aliphatic rings. The summed E-state index contributed by atoms with van der Waals surface area (Å²) in [6, 6.07) is 7.15. The van der Waals surface area contributed by atoms with Gasteiger partial charge in [-0.3, -0.25) is 19.3 Å². The molecule has 0 bridgehead atoms. The van der Waals surface area contributed by atoms with Crippen LogP contribution < -0.4 is 16.1 Å². The largest absolute Gasteiger partial charge is 0.506 e. The Balaban J connectivity index is 1.87. The van der Waals surface area contributed by atoms with Crippen LogP contribution in [0.1, 0.15) is 65.4 Å². The van der Waals surface area contributed by atoms with Crippen molar-refractivity contribution in [1.82, 2.24) is 21.0 Å². The number of carbonyl (C=O) groups excluding carboxylic acids is 6. The number of amides is 6. The molecule has 6 amide bonds. The Kier molecular flexibility index (Phi) is 13.6. The highest BCUT2D eigenvalue weighted by Gasteiger charge is 2.56. The molecule has 0 radical (unpaired) electrons. The number of hydrogen-bond donors (Lipinski definition) is 4. The highest BCUT2D eigenvalue weighted by Crippen LogP contribution is 2.34. The number of likely N-dealkylation sites (tertiary alicyclic amines) is 2. The van der Waals surface area contributed by atoms with Crippen LogP contribution >= 0.6 is 8.03 Å². The van der Waals surface area contributed by atoms with Crippen molar-refractivity contribution in [3.8, 4) is 0 Å². The number of likely N-dealkylation sites (N-methyl/N-ethyl adjacent to an activating group) is 1. The zero-order valence-electron chi connectivity index (χ0n) is 27.8. The number of nitrogens with one attached hydrogen (secondary N) is 3. The zero-order valence-corrected chi connectivity index (χ0v) is 28.7. The van der Waals surface area contributed by atoms with Crippen LogP contribution in [0, 0.1) is 23.7 Å². The average Bonchev–Trinajstić information content (AvgIpc) is 3.62. The first kappa shape index (κ1) is 37.7. The Morgan fingerprint density at radius 3 is 2.23 bits per heavy atom. The van der Waals surface area contributed by atoms with Crippen molar-refractivity contribution in [2.45, 2.75) is 78.5 Å². The topological polar surface area (TPSA) is 188 Å². The standard InChI is InChI=1S/C32H46N5O9P/c1-20(2)16-25(30(41)33-5)34-29(40)24(19-47(44)45)23(21(3)4)17-37(27(38)13-14-28(37)39)35-31(42)26-12-9-15-36(26)32(43)46-18-22-10-7-6-8-11-22/h6-8,10-11,20-21,23-26H,9,12-19H2,1-5H3,(H2-2,33,34,35,40,41,42,44,45)/p+2/t23?,24-,25-,26-/m0/s1. The molecule has 4 N–H and O–H groups in total. The number of imide groups is 1. The Morgan fingerprint density at radius 2 is 1.68 bits per heavy atom. The molecular weight excluding hydrogens is 629 g/mol. The van der Waals surface area contributed by atoms with Crippen LogP contribution in [0.3, 0.4) is 0 Å². The fourth-order valence-electron chi connectivity index (χ4n) is 6.29. The first-order valence-corrected chi connectivity index (χ1v) is 17.5. The van der Waals surface area contributed by atoms with Gasteiger partial charge in [-0.2, -0.15) is 10.3 Å². The van der Waals surface area contributed by atoms with Gasteiger partial charge in [0.2, 0.25) is 11.8 Å². The van der Waals surface area contributed by atoms with Crippen molar-refractivity contribution >= 4 is 43.7 Å². The SMILES string of the molecule is CNC(=O)[C@H](CC(C)C)NC(=O)[C@@H](C[P+](=O)O)C(C[N+]1(NC(=O)[C@@H]2CCCN2C(=O)OCc2ccccc2)C(=O)CCC1=O)C(C)C. The van der Waals surface area contributed by atoms with E-state index in [1.165, 1.54) is 11.9 Å². The predicted octanol–water partition coefficient (Wildman–Crippen LogP) is 2.38. The molecule has 1 aromatic carbocycles. The molecule has 2 saturated heterocycles. The van der Waals surface area contributed by atoms with Gasteiger partial charge in [0.05, 0.1) is 18.8 Å². The van der Waals surface area contributed by atoms with Crippen molar-refractivity contribution in [3.05, 3.63) is 35.9 Å². The van der Waals surface area contributed by atoms with Crippen molar-refractivity contribution in [2.24, 2.45) is 23.7 Å². The minimum Gasteiger partial charge on any atom is -0.445 e. The molecule has 0 aromatic heterocycles. The van der Waals surface area contributed by atoms with E-state index in [0.29, 0.717) is 12.8 Å². The number of benzene rings is 1. The second kappa shape index (κ2) is 16.9. The maximum Gasteiger partial charge on any atom is 0.506 e. The summed E-state index contributed by atoms with van der Waals surface area (Å²) in [5.41, 5.74) is 3.41. The molecule has 258 valence electrons. The van der Waals surface area contributed by atoms with Crippen LogP contribution in [0.25, 0.3) is 0 Å². The highest BCUT2D eigenvalue weighted by molar-refractivity contribution is 7.38. The molecule has 3 rings (SSSR count). The van der Waals surface area contributed by atoms with Crippen LogP contribution in [0.5, 0.6) is 0 Å². The van der Waals surface area contributed by atoms with Gasteiger partial charge < -0.3 is 15.4 Å². The van der Waals surface area contributed by atoms with Crippen molar-refractivity contribution in [1.29, 1.82) is 0 Å². The van der Waals surface area contributed by atoms with Gasteiger partial charge in [-0.1, -0.05) is 62.6 Å². The fourth-order valence-corrected chi connectivity index (χ4v) is 7.06. The maximum atomic E-state index is 13.8. The van der Waals surface area contributed by atoms with Crippen LogP contribution in [-0.2, 0) is 39.9 Å². The average molecular weight is 678 g/mol. The van der Waals surface area contributed by atoms with Gasteiger partial charge in [-0.15, -0.1) is 0 Å². The van der Waals surface area contributed by atoms with E-state index in [0.717, 1.165) is 5.56 Å².